The van der Waals surface area contributed by atoms with Gasteiger partial charge in [-0.25, -0.2) is 9.78 Å². The highest BCUT2D eigenvalue weighted by molar-refractivity contribution is 8.59. The molecule has 1 unspecified atom stereocenters. The third kappa shape index (κ3) is 14.3. The van der Waals surface area contributed by atoms with Crippen molar-refractivity contribution in [3.05, 3.63) is 47.8 Å². The number of carbonyl (C=O) groups is 5. The molecule has 2 aromatic rings. The van der Waals surface area contributed by atoms with Crippen LogP contribution in [-0.2, 0) is 30.3 Å². The number of benzene rings is 1. The van der Waals surface area contributed by atoms with Gasteiger partial charge in [0.1, 0.15) is 12.1 Å². The van der Waals surface area contributed by atoms with Crippen LogP contribution in [0.25, 0.3) is 11.1 Å². The van der Waals surface area contributed by atoms with Gasteiger partial charge < -0.3 is 25.0 Å². The van der Waals surface area contributed by atoms with Crippen LogP contribution in [0, 0.1) is 5.92 Å². The highest BCUT2D eigenvalue weighted by Gasteiger charge is 2.30. The number of hydrogen-bond donors (Lipinski definition) is 4. The highest BCUT2D eigenvalue weighted by atomic mass is 33.1. The Morgan fingerprint density at radius 2 is 1.82 bits per heavy atom. The molecule has 1 aromatic carbocycles. The molecule has 14 heteroatoms. The molecule has 12 nitrogen and oxygen atoms in total. The lowest BCUT2D eigenvalue weighted by atomic mass is 9.96. The van der Waals surface area contributed by atoms with E-state index in [9.17, 15) is 24.0 Å². The van der Waals surface area contributed by atoms with Crippen molar-refractivity contribution in [3.63, 3.8) is 0 Å². The van der Waals surface area contributed by atoms with Gasteiger partial charge in [0.15, 0.2) is 5.69 Å². The van der Waals surface area contributed by atoms with Crippen LogP contribution in [0.3, 0.4) is 0 Å². The number of hydrogen-bond acceptors (Lipinski definition) is 10. The number of aryl methyl sites for hydroxylation is 1. The van der Waals surface area contributed by atoms with Crippen molar-refractivity contribution in [2.75, 3.05) is 45.7 Å². The maximum Gasteiger partial charge on any atom is 0.410 e. The summed E-state index contributed by atoms with van der Waals surface area (Å²) in [6.07, 6.45) is 5.08. The van der Waals surface area contributed by atoms with Gasteiger partial charge in [0.2, 0.25) is 11.8 Å². The topological polar surface area (TPSA) is 147 Å². The summed E-state index contributed by atoms with van der Waals surface area (Å²) in [6, 6.07) is 9.64. The zero-order valence-electron chi connectivity index (χ0n) is 29.4. The highest BCUT2D eigenvalue weighted by Crippen LogP contribution is 2.26. The fourth-order valence-corrected chi connectivity index (χ4v) is 5.19. The quantitative estimate of drug-likeness (QED) is 0.0858. The first-order valence-electron chi connectivity index (χ1n) is 16.5. The van der Waals surface area contributed by atoms with Crippen LogP contribution < -0.4 is 10.6 Å². The Balaban J connectivity index is 0.00000409. The number of thiol groups is 2. The summed E-state index contributed by atoms with van der Waals surface area (Å²) < 4.78 is 10.3. The normalized spacial score (nSPS) is 14.2. The van der Waals surface area contributed by atoms with E-state index < -0.39 is 23.5 Å². The molecule has 1 aliphatic heterocycles. The first-order chi connectivity index (χ1) is 23.3. The molecule has 2 heterocycles. The number of amides is 4. The lowest BCUT2D eigenvalue weighted by molar-refractivity contribution is -0.140. The van der Waals surface area contributed by atoms with E-state index in [1.165, 1.54) is 12.0 Å². The Morgan fingerprint density at radius 3 is 2.47 bits per heavy atom. The number of anilines is 1. The van der Waals surface area contributed by atoms with Gasteiger partial charge in [-0.2, -0.15) is 0 Å². The molecule has 0 bridgehead atoms. The Hall–Kier alpha value is -3.78. The molecule has 2 N–H and O–H groups in total. The van der Waals surface area contributed by atoms with Gasteiger partial charge >= 0.3 is 12.1 Å². The number of nitrogens with one attached hydrogen (secondary N) is 2. The van der Waals surface area contributed by atoms with Crippen LogP contribution in [0.5, 0.6) is 0 Å². The van der Waals surface area contributed by atoms with Crippen molar-refractivity contribution < 1.29 is 33.4 Å². The monoisotopic (exact) mass is 717 g/mol. The molecule has 3 rings (SSSR count). The molecular weight excluding hydrogens is 667 g/mol. The van der Waals surface area contributed by atoms with E-state index in [1.54, 1.807) is 45.0 Å². The molecule has 4 amide bonds. The summed E-state index contributed by atoms with van der Waals surface area (Å²) in [5, 5.41) is 5.67. The van der Waals surface area contributed by atoms with Gasteiger partial charge in [-0.05, 0) is 69.6 Å². The summed E-state index contributed by atoms with van der Waals surface area (Å²) in [5.41, 5.74) is 2.17. The average Bonchev–Trinajstić information content (AvgIpc) is 3.07. The first-order valence-corrected chi connectivity index (χ1v) is 18.1. The number of piperidine rings is 1. The number of rotatable bonds is 14. The van der Waals surface area contributed by atoms with Gasteiger partial charge in [0.25, 0.3) is 5.91 Å². The third-order valence-electron chi connectivity index (χ3n) is 7.84. The number of methoxy groups -OCH3 is 1. The maximum absolute atomic E-state index is 13.6. The van der Waals surface area contributed by atoms with Crippen molar-refractivity contribution >= 4 is 58.8 Å². The minimum absolute atomic E-state index is 0.0102. The summed E-state index contributed by atoms with van der Waals surface area (Å²) >= 11 is 6.44. The molecular formula is C35H51N5O7S2. The summed E-state index contributed by atoms with van der Waals surface area (Å²) in [7, 11) is 3.10. The molecule has 0 radical (unpaired) electrons. The zero-order chi connectivity index (χ0) is 36.6. The van der Waals surface area contributed by atoms with E-state index in [0.717, 1.165) is 24.0 Å². The number of ether oxygens (including phenoxy) is 2. The molecule has 1 aliphatic rings. The minimum atomic E-state index is -0.787. The van der Waals surface area contributed by atoms with Crippen LogP contribution >= 0.6 is 23.3 Å². The van der Waals surface area contributed by atoms with Crippen LogP contribution in [-0.4, -0.2) is 90.5 Å². The van der Waals surface area contributed by atoms with E-state index in [1.807, 2.05) is 24.3 Å². The second kappa shape index (κ2) is 20.7. The van der Waals surface area contributed by atoms with E-state index in [0.29, 0.717) is 44.3 Å². The Bertz CT molecular complexity index is 1430. The maximum atomic E-state index is 13.6. The van der Waals surface area contributed by atoms with E-state index in [4.69, 9.17) is 4.74 Å². The van der Waals surface area contributed by atoms with Gasteiger partial charge in [-0.1, -0.05) is 37.6 Å². The summed E-state index contributed by atoms with van der Waals surface area (Å²) in [5.74, 6) is -1.40. The SMILES string of the molecule is CCc1cccc(-c2cnc(C(=O)NCCCCCC(=O)OC)c(NC(=O)CN(CC3CCN(C)C(=O)C3)C(=O)OC(C)(C)C)c2)c1.SS. The average molecular weight is 718 g/mol. The number of aromatic nitrogens is 1. The molecule has 0 aliphatic carbocycles. The number of likely N-dealkylation sites (tertiary alicyclic amines) is 1. The van der Waals surface area contributed by atoms with Crippen LogP contribution in [0.15, 0.2) is 36.5 Å². The largest absolute Gasteiger partial charge is 0.469 e. The first kappa shape index (κ1) is 41.4. The van der Waals surface area contributed by atoms with Crippen LogP contribution in [0.4, 0.5) is 10.5 Å². The van der Waals surface area contributed by atoms with Gasteiger partial charge in [0, 0.05) is 51.3 Å². The smallest absolute Gasteiger partial charge is 0.410 e. The summed E-state index contributed by atoms with van der Waals surface area (Å²) in [4.78, 5) is 71.2. The number of unbranched alkanes of at least 4 members (excludes halogenated alkanes) is 2. The van der Waals surface area contributed by atoms with Crippen molar-refractivity contribution in [3.8, 4) is 11.1 Å². The fourth-order valence-electron chi connectivity index (χ4n) is 5.19. The number of carbonyl (C=O) groups excluding carboxylic acids is 5. The Kier molecular flexibility index (Phi) is 17.5. The fraction of sp³-hybridized carbons (Fsp3) is 0.543. The van der Waals surface area contributed by atoms with Crippen molar-refractivity contribution in [2.24, 2.45) is 5.92 Å². The predicted octanol–water partition coefficient (Wildman–Crippen LogP) is 5.58. The molecule has 0 spiro atoms. The van der Waals surface area contributed by atoms with E-state index >= 15 is 0 Å². The molecule has 0 saturated carbocycles. The molecule has 1 atom stereocenters. The van der Waals surface area contributed by atoms with Gasteiger partial charge in [-0.3, -0.25) is 24.1 Å². The lowest BCUT2D eigenvalue weighted by Gasteiger charge is -2.33. The zero-order valence-corrected chi connectivity index (χ0v) is 31.2. The molecule has 1 aromatic heterocycles. The number of esters is 1. The Morgan fingerprint density at radius 1 is 1.08 bits per heavy atom. The van der Waals surface area contributed by atoms with Crippen molar-refractivity contribution in [1.82, 2.24) is 20.1 Å². The molecule has 1 saturated heterocycles. The van der Waals surface area contributed by atoms with Crippen molar-refractivity contribution in [2.45, 2.75) is 78.2 Å². The standard InChI is InChI=1S/C35H49N5O7.H2S2/c1-7-24-12-11-13-26(18-24)27-20-28(32(37-21-27)33(44)36-16-10-8-9-14-31(43)46-6)38-29(41)23-40(34(45)47-35(2,3)4)22-25-15-17-39(5)30(42)19-25;1-2/h11-13,18,20-21,25H,7-10,14-17,19,22-23H2,1-6H3,(H,36,44)(H,38,41);1-2H. The number of pyridine rings is 1. The van der Waals surface area contributed by atoms with Crippen LogP contribution in [0.2, 0.25) is 0 Å². The van der Waals surface area contributed by atoms with E-state index in [-0.39, 0.29) is 48.7 Å². The molecule has 1 fully saturated rings. The van der Waals surface area contributed by atoms with Crippen LogP contribution in [0.1, 0.15) is 82.3 Å². The minimum Gasteiger partial charge on any atom is -0.469 e. The predicted molar refractivity (Wildman–Crippen MR) is 197 cm³/mol. The Labute approximate surface area is 300 Å². The van der Waals surface area contributed by atoms with E-state index in [2.05, 4.69) is 50.6 Å². The second-order valence-electron chi connectivity index (χ2n) is 12.9. The lowest BCUT2D eigenvalue weighted by Crippen LogP contribution is -2.46. The molecule has 270 valence electrons. The van der Waals surface area contributed by atoms with Gasteiger partial charge in [-0.15, -0.1) is 23.3 Å². The van der Waals surface area contributed by atoms with Gasteiger partial charge in [0.05, 0.1) is 12.8 Å². The second-order valence-corrected chi connectivity index (χ2v) is 12.9. The van der Waals surface area contributed by atoms with Crippen molar-refractivity contribution in [1.29, 1.82) is 0 Å². The number of nitrogens with zero attached hydrogens (tertiary/aromatic N) is 3. The third-order valence-corrected chi connectivity index (χ3v) is 7.84. The molecule has 49 heavy (non-hydrogen) atoms. The summed E-state index contributed by atoms with van der Waals surface area (Å²) in [6.45, 7) is 8.06.